The van der Waals surface area contributed by atoms with Crippen molar-refractivity contribution in [3.8, 4) is 0 Å². The first-order chi connectivity index (χ1) is 7.58. The fourth-order valence-corrected chi connectivity index (χ4v) is 1.38. The third-order valence-electron chi connectivity index (χ3n) is 2.63. The van der Waals surface area contributed by atoms with Crippen LogP contribution >= 0.6 is 0 Å². The second-order valence-corrected chi connectivity index (χ2v) is 3.81. The highest BCUT2D eigenvalue weighted by Gasteiger charge is 2.15. The van der Waals surface area contributed by atoms with Gasteiger partial charge in [-0.3, -0.25) is 4.79 Å². The van der Waals surface area contributed by atoms with Gasteiger partial charge in [-0.05, 0) is 20.3 Å². The van der Waals surface area contributed by atoms with Gasteiger partial charge in [-0.15, -0.1) is 0 Å². The monoisotopic (exact) mass is 225 g/mol. The minimum atomic E-state index is -0.128. The molecule has 0 aliphatic heterocycles. The summed E-state index contributed by atoms with van der Waals surface area (Å²) in [7, 11) is 0. The van der Waals surface area contributed by atoms with Crippen molar-refractivity contribution in [3.63, 3.8) is 0 Å². The van der Waals surface area contributed by atoms with Gasteiger partial charge in [0.15, 0.2) is 0 Å². The highest BCUT2D eigenvalue weighted by atomic mass is 16.4. The summed E-state index contributed by atoms with van der Waals surface area (Å²) in [6.45, 7) is 6.35. The molecule has 0 saturated carbocycles. The number of nitrogens with zero attached hydrogens (tertiary/aromatic N) is 1. The van der Waals surface area contributed by atoms with Gasteiger partial charge in [0.25, 0.3) is 0 Å². The van der Waals surface area contributed by atoms with Gasteiger partial charge < -0.3 is 15.5 Å². The van der Waals surface area contributed by atoms with E-state index in [0.717, 1.165) is 17.9 Å². The van der Waals surface area contributed by atoms with Crippen molar-refractivity contribution in [3.05, 3.63) is 17.3 Å². The molecule has 1 aromatic heterocycles. The summed E-state index contributed by atoms with van der Waals surface area (Å²) in [6.07, 6.45) is 0.742. The molecule has 0 aromatic carbocycles. The zero-order valence-corrected chi connectivity index (χ0v) is 10.0. The summed E-state index contributed by atoms with van der Waals surface area (Å²) in [4.78, 5) is 15.8. The number of aromatic nitrogens is 1. The van der Waals surface area contributed by atoms with Crippen LogP contribution in [0.2, 0.25) is 0 Å². The molecule has 1 amide bonds. The maximum atomic E-state index is 11.6. The van der Waals surface area contributed by atoms with E-state index in [0.29, 0.717) is 19.0 Å². The van der Waals surface area contributed by atoms with Gasteiger partial charge in [-0.2, -0.15) is 0 Å². The van der Waals surface area contributed by atoms with Crippen molar-refractivity contribution < 1.29 is 9.21 Å². The molecule has 0 saturated heterocycles. The van der Waals surface area contributed by atoms with Gasteiger partial charge in [0.2, 0.25) is 11.8 Å². The largest absolute Gasteiger partial charge is 0.444 e. The Morgan fingerprint density at radius 2 is 2.25 bits per heavy atom. The molecule has 0 aliphatic carbocycles. The zero-order valence-electron chi connectivity index (χ0n) is 10.0. The Bertz CT molecular complexity index is 337. The molecule has 90 valence electrons. The van der Waals surface area contributed by atoms with E-state index in [9.17, 15) is 4.79 Å². The van der Waals surface area contributed by atoms with Crippen LogP contribution < -0.4 is 11.1 Å². The fraction of sp³-hybridized carbons (Fsp3) is 0.636. The topological polar surface area (TPSA) is 81.2 Å². The van der Waals surface area contributed by atoms with Gasteiger partial charge in [0.05, 0.1) is 12.2 Å². The summed E-state index contributed by atoms with van der Waals surface area (Å²) in [5.74, 6) is 1.15. The van der Waals surface area contributed by atoms with Crippen molar-refractivity contribution in [2.45, 2.75) is 33.7 Å². The highest BCUT2D eigenvalue weighted by Crippen LogP contribution is 2.08. The summed E-state index contributed by atoms with van der Waals surface area (Å²) in [6, 6.07) is 0. The Labute approximate surface area is 95.4 Å². The van der Waals surface area contributed by atoms with E-state index in [1.807, 2.05) is 20.8 Å². The number of nitrogens with one attached hydrogen (secondary N) is 1. The summed E-state index contributed by atoms with van der Waals surface area (Å²) in [5.41, 5.74) is 6.34. The number of hydrogen-bond donors (Lipinski definition) is 2. The predicted molar refractivity (Wildman–Crippen MR) is 60.7 cm³/mol. The smallest absolute Gasteiger partial charge is 0.224 e. The molecule has 1 unspecified atom stereocenters. The van der Waals surface area contributed by atoms with Crippen molar-refractivity contribution >= 4 is 5.91 Å². The van der Waals surface area contributed by atoms with Crippen LogP contribution in [0.1, 0.15) is 30.7 Å². The number of hydrogen-bond acceptors (Lipinski definition) is 4. The SMILES string of the molecule is CCC(CN)C(=O)NCc1nc(C)c(C)o1. The number of oxazole rings is 1. The minimum absolute atomic E-state index is 0.0430. The number of aryl methyl sites for hydroxylation is 2. The molecule has 5 nitrogen and oxygen atoms in total. The second kappa shape index (κ2) is 5.65. The average Bonchev–Trinajstić information content (AvgIpc) is 2.57. The molecule has 1 heterocycles. The third kappa shape index (κ3) is 3.06. The lowest BCUT2D eigenvalue weighted by Gasteiger charge is -2.11. The molecular weight excluding hydrogens is 206 g/mol. The van der Waals surface area contributed by atoms with Gasteiger partial charge in [0.1, 0.15) is 5.76 Å². The third-order valence-corrected chi connectivity index (χ3v) is 2.63. The van der Waals surface area contributed by atoms with Crippen LogP contribution in [0, 0.1) is 19.8 Å². The number of carbonyl (C=O) groups excluding carboxylic acids is 1. The van der Waals surface area contributed by atoms with Crippen molar-refractivity contribution in [1.82, 2.24) is 10.3 Å². The van der Waals surface area contributed by atoms with Gasteiger partial charge in [-0.1, -0.05) is 6.92 Å². The Morgan fingerprint density at radius 1 is 1.56 bits per heavy atom. The number of amides is 1. The first-order valence-corrected chi connectivity index (χ1v) is 5.49. The highest BCUT2D eigenvalue weighted by molar-refractivity contribution is 5.78. The zero-order chi connectivity index (χ0) is 12.1. The van der Waals surface area contributed by atoms with Crippen LogP contribution in [-0.2, 0) is 11.3 Å². The summed E-state index contributed by atoms with van der Waals surface area (Å²) >= 11 is 0. The van der Waals surface area contributed by atoms with E-state index in [4.69, 9.17) is 10.2 Å². The number of nitrogens with two attached hydrogens (primary N) is 1. The molecule has 1 atom stereocenters. The lowest BCUT2D eigenvalue weighted by Crippen LogP contribution is -2.34. The Hall–Kier alpha value is -1.36. The van der Waals surface area contributed by atoms with E-state index >= 15 is 0 Å². The lowest BCUT2D eigenvalue weighted by molar-refractivity contribution is -0.125. The minimum Gasteiger partial charge on any atom is -0.444 e. The van der Waals surface area contributed by atoms with Gasteiger partial charge >= 0.3 is 0 Å². The number of carbonyl (C=O) groups is 1. The van der Waals surface area contributed by atoms with Crippen LogP contribution in [0.25, 0.3) is 0 Å². The molecule has 1 aromatic rings. The van der Waals surface area contributed by atoms with Crippen molar-refractivity contribution in [1.29, 1.82) is 0 Å². The van der Waals surface area contributed by atoms with E-state index < -0.39 is 0 Å². The van der Waals surface area contributed by atoms with Gasteiger partial charge in [0, 0.05) is 12.5 Å². The molecule has 16 heavy (non-hydrogen) atoms. The maximum Gasteiger partial charge on any atom is 0.224 e. The molecule has 0 aliphatic rings. The van der Waals surface area contributed by atoms with Crippen molar-refractivity contribution in [2.75, 3.05) is 6.54 Å². The Morgan fingerprint density at radius 3 is 2.69 bits per heavy atom. The number of rotatable bonds is 5. The van der Waals surface area contributed by atoms with Crippen LogP contribution in [0.5, 0.6) is 0 Å². The van der Waals surface area contributed by atoms with E-state index in [1.54, 1.807) is 0 Å². The summed E-state index contributed by atoms with van der Waals surface area (Å²) in [5, 5.41) is 2.77. The normalized spacial score (nSPS) is 12.5. The summed E-state index contributed by atoms with van der Waals surface area (Å²) < 4.78 is 5.35. The Kier molecular flexibility index (Phi) is 4.49. The first-order valence-electron chi connectivity index (χ1n) is 5.49. The van der Waals surface area contributed by atoms with E-state index in [2.05, 4.69) is 10.3 Å². The molecule has 1 rings (SSSR count). The maximum absolute atomic E-state index is 11.6. The first kappa shape index (κ1) is 12.7. The van der Waals surface area contributed by atoms with Crippen LogP contribution in [-0.4, -0.2) is 17.4 Å². The molecule has 0 fully saturated rings. The average molecular weight is 225 g/mol. The van der Waals surface area contributed by atoms with E-state index in [1.165, 1.54) is 0 Å². The molecule has 5 heteroatoms. The Balaban J connectivity index is 2.48. The van der Waals surface area contributed by atoms with Crippen LogP contribution in [0.15, 0.2) is 4.42 Å². The van der Waals surface area contributed by atoms with E-state index in [-0.39, 0.29) is 11.8 Å². The predicted octanol–water partition coefficient (Wildman–Crippen LogP) is 0.893. The quantitative estimate of drug-likeness (QED) is 0.779. The molecular formula is C11H19N3O2. The molecule has 0 radical (unpaired) electrons. The van der Waals surface area contributed by atoms with Crippen molar-refractivity contribution in [2.24, 2.45) is 11.7 Å². The van der Waals surface area contributed by atoms with Crippen LogP contribution in [0.4, 0.5) is 0 Å². The second-order valence-electron chi connectivity index (χ2n) is 3.81. The lowest BCUT2D eigenvalue weighted by atomic mass is 10.1. The molecule has 3 N–H and O–H groups in total. The fourth-order valence-electron chi connectivity index (χ4n) is 1.38. The molecule has 0 bridgehead atoms. The van der Waals surface area contributed by atoms with Gasteiger partial charge in [-0.25, -0.2) is 4.98 Å². The standard InChI is InChI=1S/C11H19N3O2/c1-4-9(5-12)11(15)13-6-10-14-7(2)8(3)16-10/h9H,4-6,12H2,1-3H3,(H,13,15). The van der Waals surface area contributed by atoms with Crippen LogP contribution in [0.3, 0.4) is 0 Å². The molecule has 0 spiro atoms.